The first-order valence-electron chi connectivity index (χ1n) is 4.33. The fourth-order valence-electron chi connectivity index (χ4n) is 1.71. The predicted octanol–water partition coefficient (Wildman–Crippen LogP) is 1.92. The molecule has 1 saturated carbocycles. The molecule has 0 bridgehead atoms. The molecule has 0 atom stereocenters. The van der Waals surface area contributed by atoms with Gasteiger partial charge in [-0.25, -0.2) is 0 Å². The van der Waals surface area contributed by atoms with Crippen molar-refractivity contribution in [3.05, 3.63) is 0 Å². The lowest BCUT2D eigenvalue weighted by atomic mass is 10.0. The zero-order valence-corrected chi connectivity index (χ0v) is 7.30. The second kappa shape index (κ2) is 3.35. The van der Waals surface area contributed by atoms with Crippen LogP contribution in [0.4, 0.5) is 0 Å². The summed E-state index contributed by atoms with van der Waals surface area (Å²) in [5.41, 5.74) is -0.422. The van der Waals surface area contributed by atoms with Crippen molar-refractivity contribution in [3.63, 3.8) is 0 Å². The zero-order chi connectivity index (χ0) is 8.32. The largest absolute Gasteiger partial charge is 0.365 e. The first-order chi connectivity index (χ1) is 5.18. The van der Waals surface area contributed by atoms with E-state index in [1.54, 1.807) is 0 Å². The standard InChI is InChI=1S/C9H16O2/c1-8(2)11-9(7-10)5-3-4-6-9/h7-8H,3-6H2,1-2H3. The third-order valence-electron chi connectivity index (χ3n) is 2.14. The lowest BCUT2D eigenvalue weighted by Gasteiger charge is -2.24. The Balaban J connectivity index is 2.52. The summed E-state index contributed by atoms with van der Waals surface area (Å²) < 4.78 is 5.58. The molecule has 0 heterocycles. The smallest absolute Gasteiger partial charge is 0.151 e. The lowest BCUT2D eigenvalue weighted by Crippen LogP contribution is -2.33. The molecular weight excluding hydrogens is 140 g/mol. The molecular formula is C9H16O2. The van der Waals surface area contributed by atoms with E-state index in [9.17, 15) is 4.79 Å². The summed E-state index contributed by atoms with van der Waals surface area (Å²) in [6, 6.07) is 0. The monoisotopic (exact) mass is 156 g/mol. The van der Waals surface area contributed by atoms with Crippen LogP contribution < -0.4 is 0 Å². The van der Waals surface area contributed by atoms with E-state index >= 15 is 0 Å². The average Bonchev–Trinajstić information content (AvgIpc) is 2.36. The van der Waals surface area contributed by atoms with Crippen molar-refractivity contribution < 1.29 is 9.53 Å². The molecule has 0 amide bonds. The summed E-state index contributed by atoms with van der Waals surface area (Å²) in [5.74, 6) is 0. The number of carbonyl (C=O) groups excluding carboxylic acids is 1. The van der Waals surface area contributed by atoms with Gasteiger partial charge >= 0.3 is 0 Å². The predicted molar refractivity (Wildman–Crippen MR) is 43.5 cm³/mol. The van der Waals surface area contributed by atoms with Crippen molar-refractivity contribution >= 4 is 6.29 Å². The topological polar surface area (TPSA) is 26.3 Å². The summed E-state index contributed by atoms with van der Waals surface area (Å²) >= 11 is 0. The SMILES string of the molecule is CC(C)OC1(C=O)CCCC1. The molecule has 1 rings (SSSR count). The molecule has 0 aliphatic heterocycles. The van der Waals surface area contributed by atoms with E-state index < -0.39 is 5.60 Å². The van der Waals surface area contributed by atoms with Gasteiger partial charge < -0.3 is 9.53 Å². The van der Waals surface area contributed by atoms with Gasteiger partial charge in [-0.3, -0.25) is 0 Å². The number of rotatable bonds is 3. The summed E-state index contributed by atoms with van der Waals surface area (Å²) in [6.07, 6.45) is 5.23. The van der Waals surface area contributed by atoms with Crippen LogP contribution >= 0.6 is 0 Å². The highest BCUT2D eigenvalue weighted by Gasteiger charge is 2.35. The first-order valence-corrected chi connectivity index (χ1v) is 4.33. The fraction of sp³-hybridized carbons (Fsp3) is 0.889. The van der Waals surface area contributed by atoms with Crippen LogP contribution in [0.15, 0.2) is 0 Å². The van der Waals surface area contributed by atoms with E-state index in [4.69, 9.17) is 4.74 Å². The van der Waals surface area contributed by atoms with Gasteiger partial charge in [-0.15, -0.1) is 0 Å². The minimum Gasteiger partial charge on any atom is -0.365 e. The Hall–Kier alpha value is -0.370. The molecule has 0 aromatic rings. The van der Waals surface area contributed by atoms with E-state index in [2.05, 4.69) is 0 Å². The quantitative estimate of drug-likeness (QED) is 0.583. The highest BCUT2D eigenvalue weighted by atomic mass is 16.5. The van der Waals surface area contributed by atoms with Gasteiger partial charge in [0, 0.05) is 0 Å². The van der Waals surface area contributed by atoms with Crippen LogP contribution in [0.25, 0.3) is 0 Å². The molecule has 64 valence electrons. The molecule has 0 radical (unpaired) electrons. The van der Waals surface area contributed by atoms with E-state index in [0.717, 1.165) is 32.0 Å². The van der Waals surface area contributed by atoms with Crippen molar-refractivity contribution in [2.24, 2.45) is 0 Å². The van der Waals surface area contributed by atoms with Crippen LogP contribution in [0.1, 0.15) is 39.5 Å². The van der Waals surface area contributed by atoms with E-state index in [1.807, 2.05) is 13.8 Å². The number of hydrogen-bond acceptors (Lipinski definition) is 2. The Morgan fingerprint density at radius 1 is 1.36 bits per heavy atom. The number of ether oxygens (including phenoxy) is 1. The maximum atomic E-state index is 10.7. The summed E-state index contributed by atoms with van der Waals surface area (Å²) in [7, 11) is 0. The van der Waals surface area contributed by atoms with Gasteiger partial charge in [0.25, 0.3) is 0 Å². The van der Waals surface area contributed by atoms with Gasteiger partial charge in [0.1, 0.15) is 5.60 Å². The molecule has 0 N–H and O–H groups in total. The third-order valence-corrected chi connectivity index (χ3v) is 2.14. The average molecular weight is 156 g/mol. The molecule has 2 nitrogen and oxygen atoms in total. The molecule has 0 unspecified atom stereocenters. The molecule has 1 aliphatic rings. The van der Waals surface area contributed by atoms with Gasteiger partial charge in [-0.1, -0.05) is 12.8 Å². The first kappa shape index (κ1) is 8.72. The minimum atomic E-state index is -0.422. The van der Waals surface area contributed by atoms with Crippen LogP contribution in [0.3, 0.4) is 0 Å². The van der Waals surface area contributed by atoms with Crippen LogP contribution in [0.2, 0.25) is 0 Å². The Morgan fingerprint density at radius 2 is 1.91 bits per heavy atom. The van der Waals surface area contributed by atoms with Crippen molar-refractivity contribution in [1.82, 2.24) is 0 Å². The second-order valence-corrected chi connectivity index (χ2v) is 3.56. The molecule has 0 aromatic carbocycles. The van der Waals surface area contributed by atoms with Gasteiger partial charge in [0.2, 0.25) is 0 Å². The Kier molecular flexibility index (Phi) is 2.66. The second-order valence-electron chi connectivity index (χ2n) is 3.56. The lowest BCUT2D eigenvalue weighted by molar-refractivity contribution is -0.136. The van der Waals surface area contributed by atoms with Crippen molar-refractivity contribution in [2.45, 2.75) is 51.2 Å². The van der Waals surface area contributed by atoms with Crippen LogP contribution in [0.5, 0.6) is 0 Å². The zero-order valence-electron chi connectivity index (χ0n) is 7.30. The van der Waals surface area contributed by atoms with E-state index in [0.29, 0.717) is 0 Å². The summed E-state index contributed by atoms with van der Waals surface area (Å²) in [5, 5.41) is 0. The molecule has 1 fully saturated rings. The van der Waals surface area contributed by atoms with Crippen molar-refractivity contribution in [1.29, 1.82) is 0 Å². The summed E-state index contributed by atoms with van der Waals surface area (Å²) in [4.78, 5) is 10.7. The minimum absolute atomic E-state index is 0.165. The Bertz CT molecular complexity index is 134. The number of aldehydes is 1. The van der Waals surface area contributed by atoms with Gasteiger partial charge in [-0.2, -0.15) is 0 Å². The van der Waals surface area contributed by atoms with Crippen LogP contribution in [-0.4, -0.2) is 18.0 Å². The third kappa shape index (κ3) is 2.03. The Morgan fingerprint density at radius 3 is 2.27 bits per heavy atom. The van der Waals surface area contributed by atoms with Gasteiger partial charge in [-0.05, 0) is 26.7 Å². The van der Waals surface area contributed by atoms with Gasteiger partial charge in [0.05, 0.1) is 6.10 Å². The molecule has 2 heteroatoms. The van der Waals surface area contributed by atoms with Crippen LogP contribution in [0, 0.1) is 0 Å². The van der Waals surface area contributed by atoms with E-state index in [1.165, 1.54) is 0 Å². The van der Waals surface area contributed by atoms with Gasteiger partial charge in [0.15, 0.2) is 6.29 Å². The maximum absolute atomic E-state index is 10.7. The van der Waals surface area contributed by atoms with E-state index in [-0.39, 0.29) is 6.10 Å². The molecule has 0 spiro atoms. The maximum Gasteiger partial charge on any atom is 0.151 e. The highest BCUT2D eigenvalue weighted by molar-refractivity contribution is 5.63. The number of hydrogen-bond donors (Lipinski definition) is 0. The van der Waals surface area contributed by atoms with Crippen LogP contribution in [-0.2, 0) is 9.53 Å². The summed E-state index contributed by atoms with van der Waals surface area (Å²) in [6.45, 7) is 3.95. The molecule has 1 aliphatic carbocycles. The Labute approximate surface area is 67.9 Å². The van der Waals surface area contributed by atoms with Crippen molar-refractivity contribution in [2.75, 3.05) is 0 Å². The fourth-order valence-corrected chi connectivity index (χ4v) is 1.71. The number of carbonyl (C=O) groups is 1. The van der Waals surface area contributed by atoms with Crippen molar-refractivity contribution in [3.8, 4) is 0 Å². The molecule has 0 aromatic heterocycles. The molecule has 11 heavy (non-hydrogen) atoms. The normalized spacial score (nSPS) is 22.5. The highest BCUT2D eigenvalue weighted by Crippen LogP contribution is 2.32. The molecule has 0 saturated heterocycles.